The van der Waals surface area contributed by atoms with Crippen LogP contribution in [0.3, 0.4) is 0 Å². The van der Waals surface area contributed by atoms with E-state index in [1.54, 1.807) is 24.3 Å². The first-order valence-electron chi connectivity index (χ1n) is 11.5. The molecule has 1 aliphatic carbocycles. The van der Waals surface area contributed by atoms with Crippen molar-refractivity contribution < 1.29 is 23.8 Å². The van der Waals surface area contributed by atoms with Gasteiger partial charge in [-0.1, -0.05) is 23.2 Å². The van der Waals surface area contributed by atoms with Gasteiger partial charge in [-0.25, -0.2) is 9.18 Å². The lowest BCUT2D eigenvalue weighted by Crippen LogP contribution is -2.53. The summed E-state index contributed by atoms with van der Waals surface area (Å²) in [7, 11) is 0. The number of carbonyl (C=O) groups is 2. The smallest absolute Gasteiger partial charge is 0.326 e. The van der Waals surface area contributed by atoms with Gasteiger partial charge in [-0.05, 0) is 73.1 Å². The summed E-state index contributed by atoms with van der Waals surface area (Å²) < 4.78 is 21.0. The number of halogens is 3. The summed E-state index contributed by atoms with van der Waals surface area (Å²) in [5, 5.41) is 10.4. The van der Waals surface area contributed by atoms with Crippen molar-refractivity contribution in [3.8, 4) is 5.75 Å². The number of likely N-dealkylation sites (tertiary alicyclic amines) is 2. The fourth-order valence-corrected chi connectivity index (χ4v) is 5.39. The predicted octanol–water partition coefficient (Wildman–Crippen LogP) is 4.96. The number of ether oxygens (including phenoxy) is 1. The van der Waals surface area contributed by atoms with Crippen LogP contribution in [0, 0.1) is 5.82 Å². The first-order chi connectivity index (χ1) is 16.3. The number of hydrogen-bond donors (Lipinski definition) is 1. The van der Waals surface area contributed by atoms with Crippen LogP contribution in [-0.2, 0) is 11.3 Å². The highest BCUT2D eigenvalue weighted by Crippen LogP contribution is 2.43. The second-order valence-electron chi connectivity index (χ2n) is 9.34. The molecule has 2 aliphatic heterocycles. The first kappa shape index (κ1) is 23.4. The monoisotopic (exact) mass is 506 g/mol. The molecule has 9 heteroatoms. The Hall–Kier alpha value is -2.35. The Morgan fingerprint density at radius 3 is 2.41 bits per heavy atom. The zero-order chi connectivity index (χ0) is 24.0. The van der Waals surface area contributed by atoms with Crippen molar-refractivity contribution in [3.63, 3.8) is 0 Å². The van der Waals surface area contributed by atoms with Crippen LogP contribution in [0.1, 0.15) is 53.1 Å². The average molecular weight is 507 g/mol. The molecule has 0 radical (unpaired) electrons. The minimum absolute atomic E-state index is 0.00674. The Bertz CT molecular complexity index is 1110. The van der Waals surface area contributed by atoms with Crippen molar-refractivity contribution >= 4 is 35.1 Å². The van der Waals surface area contributed by atoms with Crippen molar-refractivity contribution in [2.45, 2.75) is 50.3 Å². The van der Waals surface area contributed by atoms with E-state index in [0.717, 1.165) is 24.0 Å². The Kier molecular flexibility index (Phi) is 6.44. The number of aliphatic carboxylic acids is 1. The molecule has 3 aliphatic rings. The predicted molar refractivity (Wildman–Crippen MR) is 126 cm³/mol. The van der Waals surface area contributed by atoms with Gasteiger partial charge in [0.25, 0.3) is 5.91 Å². The third kappa shape index (κ3) is 4.88. The maximum absolute atomic E-state index is 15.1. The zero-order valence-electron chi connectivity index (χ0n) is 18.5. The summed E-state index contributed by atoms with van der Waals surface area (Å²) in [6.07, 6.45) is 3.02. The van der Waals surface area contributed by atoms with Crippen LogP contribution in [0.4, 0.5) is 4.39 Å². The number of carboxylic acid groups (broad SMARTS) is 1. The zero-order valence-corrected chi connectivity index (χ0v) is 20.0. The number of amides is 1. The summed E-state index contributed by atoms with van der Waals surface area (Å²) >= 11 is 12.1. The van der Waals surface area contributed by atoms with Gasteiger partial charge in [0.2, 0.25) is 0 Å². The fraction of sp³-hybridized carbons (Fsp3) is 0.440. The molecule has 2 aromatic carbocycles. The molecule has 1 amide bonds. The molecule has 5 rings (SSSR count). The van der Waals surface area contributed by atoms with Crippen molar-refractivity contribution in [2.24, 2.45) is 0 Å². The molecule has 180 valence electrons. The van der Waals surface area contributed by atoms with E-state index < -0.39 is 23.7 Å². The van der Waals surface area contributed by atoms with Crippen LogP contribution in [0.15, 0.2) is 30.3 Å². The molecule has 2 saturated heterocycles. The molecule has 1 N–H and O–H groups in total. The second kappa shape index (κ2) is 9.36. The van der Waals surface area contributed by atoms with Crippen molar-refractivity contribution in [3.05, 3.63) is 62.9 Å². The van der Waals surface area contributed by atoms with Crippen molar-refractivity contribution in [1.82, 2.24) is 9.80 Å². The molecule has 6 nitrogen and oxygen atoms in total. The molecule has 2 heterocycles. The van der Waals surface area contributed by atoms with Gasteiger partial charge in [0.15, 0.2) is 0 Å². The molecular weight excluding hydrogens is 482 g/mol. The molecule has 0 bridgehead atoms. The standard InChI is InChI=1S/C25H25Cl2FN2O4/c26-16-7-17(27)9-18(8-16)34-19-12-29(13-19)11-15-6-22(28)21(10-20(15)14-3-4-14)24(31)30-5-1-2-23(30)25(32)33/h6-10,14,19,23H,1-5,11-13H2,(H,32,33)/t23-/m0/s1. The largest absolute Gasteiger partial charge is 0.488 e. The SMILES string of the molecule is O=C(O)[C@@H]1CCCN1C(=O)c1cc(C2CC2)c(CN2CC(Oc3cc(Cl)cc(Cl)c3)C2)cc1F. The molecule has 0 aromatic heterocycles. The lowest BCUT2D eigenvalue weighted by molar-refractivity contribution is -0.141. The average Bonchev–Trinajstić information content (AvgIpc) is 3.46. The fourth-order valence-electron chi connectivity index (χ4n) is 4.88. The lowest BCUT2D eigenvalue weighted by atomic mass is 9.97. The van der Waals surface area contributed by atoms with Gasteiger partial charge in [-0.3, -0.25) is 9.69 Å². The van der Waals surface area contributed by atoms with Gasteiger partial charge in [0.05, 0.1) is 5.56 Å². The van der Waals surface area contributed by atoms with E-state index in [4.69, 9.17) is 27.9 Å². The molecule has 1 saturated carbocycles. The summed E-state index contributed by atoms with van der Waals surface area (Å²) in [5.74, 6) is -1.23. The van der Waals surface area contributed by atoms with E-state index in [-0.39, 0.29) is 11.7 Å². The van der Waals surface area contributed by atoms with Gasteiger partial charge in [0, 0.05) is 36.2 Å². The molecule has 0 spiro atoms. The number of benzene rings is 2. The van der Waals surface area contributed by atoms with Crippen LogP contribution in [-0.4, -0.2) is 58.6 Å². The van der Waals surface area contributed by atoms with Gasteiger partial charge >= 0.3 is 5.97 Å². The van der Waals surface area contributed by atoms with Gasteiger partial charge in [-0.2, -0.15) is 0 Å². The maximum atomic E-state index is 15.1. The maximum Gasteiger partial charge on any atom is 0.326 e. The highest BCUT2D eigenvalue weighted by Gasteiger charge is 2.37. The molecule has 2 aromatic rings. The number of nitrogens with zero attached hydrogens (tertiary/aromatic N) is 2. The van der Waals surface area contributed by atoms with E-state index in [0.29, 0.717) is 60.7 Å². The quantitative estimate of drug-likeness (QED) is 0.574. The molecular formula is C25H25Cl2FN2O4. The van der Waals surface area contributed by atoms with Gasteiger partial charge in [0.1, 0.15) is 23.7 Å². The van der Waals surface area contributed by atoms with Crippen LogP contribution in [0.5, 0.6) is 5.75 Å². The third-order valence-electron chi connectivity index (χ3n) is 6.73. The minimum atomic E-state index is -1.04. The Balaban J connectivity index is 1.27. The normalized spacial score (nSPS) is 20.9. The van der Waals surface area contributed by atoms with E-state index in [1.165, 1.54) is 11.0 Å². The Morgan fingerprint density at radius 1 is 1.06 bits per heavy atom. The number of hydrogen-bond acceptors (Lipinski definition) is 4. The Labute approximate surface area is 207 Å². The molecule has 0 unspecified atom stereocenters. The summed E-state index contributed by atoms with van der Waals surface area (Å²) in [6.45, 7) is 2.27. The second-order valence-corrected chi connectivity index (χ2v) is 10.2. The number of rotatable bonds is 7. The summed E-state index contributed by atoms with van der Waals surface area (Å²) in [5.41, 5.74) is 1.83. The first-order valence-corrected chi connectivity index (χ1v) is 12.3. The van der Waals surface area contributed by atoms with Crippen LogP contribution < -0.4 is 4.74 Å². The lowest BCUT2D eigenvalue weighted by Gasteiger charge is -2.39. The van der Waals surface area contributed by atoms with E-state index in [1.807, 2.05) is 0 Å². The summed E-state index contributed by atoms with van der Waals surface area (Å²) in [4.78, 5) is 28.0. The highest BCUT2D eigenvalue weighted by atomic mass is 35.5. The van der Waals surface area contributed by atoms with Crippen LogP contribution in [0.25, 0.3) is 0 Å². The van der Waals surface area contributed by atoms with Gasteiger partial charge < -0.3 is 14.7 Å². The molecule has 34 heavy (non-hydrogen) atoms. The van der Waals surface area contributed by atoms with E-state index in [2.05, 4.69) is 4.90 Å². The minimum Gasteiger partial charge on any atom is -0.488 e. The molecule has 1 atom stereocenters. The van der Waals surface area contributed by atoms with E-state index >= 15 is 4.39 Å². The Morgan fingerprint density at radius 2 is 1.76 bits per heavy atom. The van der Waals surface area contributed by atoms with Crippen LogP contribution >= 0.6 is 23.2 Å². The van der Waals surface area contributed by atoms with Gasteiger partial charge in [-0.15, -0.1) is 0 Å². The van der Waals surface area contributed by atoms with Crippen molar-refractivity contribution in [1.29, 1.82) is 0 Å². The third-order valence-corrected chi connectivity index (χ3v) is 7.17. The highest BCUT2D eigenvalue weighted by molar-refractivity contribution is 6.34. The molecule has 3 fully saturated rings. The van der Waals surface area contributed by atoms with Crippen molar-refractivity contribution in [2.75, 3.05) is 19.6 Å². The number of carbonyl (C=O) groups excluding carboxylic acids is 1. The van der Waals surface area contributed by atoms with E-state index in [9.17, 15) is 14.7 Å². The number of carboxylic acids is 1. The van der Waals surface area contributed by atoms with Crippen LogP contribution in [0.2, 0.25) is 10.0 Å². The summed E-state index contributed by atoms with van der Waals surface area (Å²) in [6, 6.07) is 7.32. The topological polar surface area (TPSA) is 70.1 Å².